The topological polar surface area (TPSA) is 28.2 Å². The fraction of sp³-hybridized carbons (Fsp3) is 0.364. The minimum atomic E-state index is 1.08. The number of piperazine rings is 1. The molecule has 0 atom stereocenters. The van der Waals surface area contributed by atoms with Gasteiger partial charge in [-0.2, -0.15) is 0 Å². The minimum absolute atomic E-state index is 1.08. The molecular formula is C11H13N3S. The molecule has 15 heavy (non-hydrogen) atoms. The maximum atomic E-state index is 4.37. The Morgan fingerprint density at radius 2 is 2.20 bits per heavy atom. The fourth-order valence-electron chi connectivity index (χ4n) is 2.01. The molecule has 4 heteroatoms. The molecule has 1 N–H and O–H groups in total. The van der Waals surface area contributed by atoms with Gasteiger partial charge in [0.15, 0.2) is 0 Å². The van der Waals surface area contributed by atoms with Gasteiger partial charge in [-0.15, -0.1) is 11.3 Å². The standard InChI is InChI=1S/C11H13N3S/c1-2-9-10(8-15-11(9)13-3-1)14-6-4-12-5-7-14/h1-3,8,12H,4-7H2. The van der Waals surface area contributed by atoms with Crippen molar-refractivity contribution in [2.45, 2.75) is 0 Å². The van der Waals surface area contributed by atoms with Crippen LogP contribution in [0.3, 0.4) is 0 Å². The number of hydrogen-bond donors (Lipinski definition) is 1. The Bertz CT molecular complexity index is 460. The number of nitrogens with zero attached hydrogens (tertiary/aromatic N) is 2. The molecule has 2 aromatic heterocycles. The summed E-state index contributed by atoms with van der Waals surface area (Å²) in [7, 11) is 0. The predicted octanol–water partition coefficient (Wildman–Crippen LogP) is 1.71. The van der Waals surface area contributed by atoms with Crippen LogP contribution >= 0.6 is 11.3 Å². The molecule has 3 heterocycles. The van der Waals surface area contributed by atoms with Crippen molar-refractivity contribution in [3.8, 4) is 0 Å². The van der Waals surface area contributed by atoms with Crippen molar-refractivity contribution in [3.05, 3.63) is 23.7 Å². The van der Waals surface area contributed by atoms with Crippen molar-refractivity contribution in [1.82, 2.24) is 10.3 Å². The Morgan fingerprint density at radius 3 is 3.07 bits per heavy atom. The van der Waals surface area contributed by atoms with E-state index in [1.54, 1.807) is 11.3 Å². The molecule has 78 valence electrons. The molecule has 3 nitrogen and oxygen atoms in total. The second-order valence-corrected chi connectivity index (χ2v) is 4.57. The lowest BCUT2D eigenvalue weighted by molar-refractivity contribution is 0.591. The van der Waals surface area contributed by atoms with Gasteiger partial charge in [0.2, 0.25) is 0 Å². The number of aromatic nitrogens is 1. The summed E-state index contributed by atoms with van der Waals surface area (Å²) >= 11 is 1.73. The summed E-state index contributed by atoms with van der Waals surface area (Å²) in [5.74, 6) is 0. The van der Waals surface area contributed by atoms with Crippen LogP contribution in [0, 0.1) is 0 Å². The van der Waals surface area contributed by atoms with E-state index in [9.17, 15) is 0 Å². The Morgan fingerprint density at radius 1 is 1.33 bits per heavy atom. The zero-order chi connectivity index (χ0) is 10.1. The van der Waals surface area contributed by atoms with Crippen LogP contribution in [0.5, 0.6) is 0 Å². The summed E-state index contributed by atoms with van der Waals surface area (Å²) in [5.41, 5.74) is 1.35. The Kier molecular flexibility index (Phi) is 2.31. The van der Waals surface area contributed by atoms with E-state index in [1.165, 1.54) is 11.1 Å². The van der Waals surface area contributed by atoms with Crippen LogP contribution in [0.15, 0.2) is 23.7 Å². The molecule has 0 saturated carbocycles. The second kappa shape index (κ2) is 3.79. The number of rotatable bonds is 1. The smallest absolute Gasteiger partial charge is 0.125 e. The maximum absolute atomic E-state index is 4.37. The highest BCUT2D eigenvalue weighted by Gasteiger charge is 2.14. The van der Waals surface area contributed by atoms with Crippen molar-refractivity contribution in [1.29, 1.82) is 0 Å². The van der Waals surface area contributed by atoms with Crippen molar-refractivity contribution < 1.29 is 0 Å². The molecule has 1 aliphatic rings. The fourth-order valence-corrected chi connectivity index (χ4v) is 2.93. The summed E-state index contributed by atoms with van der Waals surface area (Å²) in [4.78, 5) is 7.96. The van der Waals surface area contributed by atoms with Gasteiger partial charge in [0, 0.05) is 43.1 Å². The van der Waals surface area contributed by atoms with Gasteiger partial charge in [-0.3, -0.25) is 0 Å². The Labute approximate surface area is 92.7 Å². The van der Waals surface area contributed by atoms with E-state index < -0.39 is 0 Å². The van der Waals surface area contributed by atoms with Crippen LogP contribution in [0.4, 0.5) is 5.69 Å². The first-order chi connectivity index (χ1) is 7.45. The molecule has 0 unspecified atom stereocenters. The summed E-state index contributed by atoms with van der Waals surface area (Å²) in [6, 6.07) is 4.18. The lowest BCUT2D eigenvalue weighted by atomic mass is 10.2. The average molecular weight is 219 g/mol. The first kappa shape index (κ1) is 9.12. The van der Waals surface area contributed by atoms with Crippen molar-refractivity contribution in [2.24, 2.45) is 0 Å². The van der Waals surface area contributed by atoms with E-state index in [-0.39, 0.29) is 0 Å². The van der Waals surface area contributed by atoms with E-state index in [0.717, 1.165) is 31.0 Å². The van der Waals surface area contributed by atoms with Gasteiger partial charge in [-0.1, -0.05) is 0 Å². The van der Waals surface area contributed by atoms with Crippen molar-refractivity contribution >= 4 is 27.2 Å². The first-order valence-electron chi connectivity index (χ1n) is 5.23. The highest BCUT2D eigenvalue weighted by Crippen LogP contribution is 2.31. The highest BCUT2D eigenvalue weighted by molar-refractivity contribution is 7.17. The number of thiophene rings is 1. The third kappa shape index (κ3) is 1.60. The van der Waals surface area contributed by atoms with Crippen LogP contribution < -0.4 is 10.2 Å². The largest absolute Gasteiger partial charge is 0.368 e. The second-order valence-electron chi connectivity index (χ2n) is 3.71. The quantitative estimate of drug-likeness (QED) is 0.791. The third-order valence-electron chi connectivity index (χ3n) is 2.79. The number of fused-ring (bicyclic) bond motifs is 1. The van der Waals surface area contributed by atoms with E-state index in [4.69, 9.17) is 0 Å². The lowest BCUT2D eigenvalue weighted by Crippen LogP contribution is -2.43. The van der Waals surface area contributed by atoms with Gasteiger partial charge in [0.25, 0.3) is 0 Å². The number of hydrogen-bond acceptors (Lipinski definition) is 4. The zero-order valence-electron chi connectivity index (χ0n) is 8.44. The summed E-state index contributed by atoms with van der Waals surface area (Å²) < 4.78 is 0. The molecule has 1 saturated heterocycles. The summed E-state index contributed by atoms with van der Waals surface area (Å²) in [6.45, 7) is 4.36. The van der Waals surface area contributed by atoms with E-state index in [1.807, 2.05) is 12.3 Å². The van der Waals surface area contributed by atoms with Gasteiger partial charge in [-0.25, -0.2) is 4.98 Å². The van der Waals surface area contributed by atoms with Gasteiger partial charge >= 0.3 is 0 Å². The number of nitrogens with one attached hydrogen (secondary N) is 1. The molecule has 0 amide bonds. The minimum Gasteiger partial charge on any atom is -0.368 e. The molecule has 0 bridgehead atoms. The molecule has 1 fully saturated rings. The van der Waals surface area contributed by atoms with E-state index >= 15 is 0 Å². The lowest BCUT2D eigenvalue weighted by Gasteiger charge is -2.28. The third-order valence-corrected chi connectivity index (χ3v) is 3.68. The molecule has 0 spiro atoms. The van der Waals surface area contributed by atoms with E-state index in [0.29, 0.717) is 0 Å². The molecule has 2 aromatic rings. The average Bonchev–Trinajstić information content (AvgIpc) is 2.74. The van der Waals surface area contributed by atoms with E-state index in [2.05, 4.69) is 26.6 Å². The van der Waals surface area contributed by atoms with Crippen LogP contribution in [0.25, 0.3) is 10.2 Å². The van der Waals surface area contributed by atoms with Crippen LogP contribution in [0.2, 0.25) is 0 Å². The summed E-state index contributed by atoms with van der Waals surface area (Å²) in [6.07, 6.45) is 1.86. The Balaban J connectivity index is 2.02. The molecule has 3 rings (SSSR count). The molecule has 1 aliphatic heterocycles. The Hall–Kier alpha value is -1.13. The van der Waals surface area contributed by atoms with Gasteiger partial charge in [0.1, 0.15) is 4.83 Å². The normalized spacial score (nSPS) is 17.2. The zero-order valence-corrected chi connectivity index (χ0v) is 9.26. The van der Waals surface area contributed by atoms with Crippen LogP contribution in [-0.4, -0.2) is 31.2 Å². The molecule has 0 aromatic carbocycles. The molecule has 0 aliphatic carbocycles. The SMILES string of the molecule is c1cnc2scc(N3CCNCC3)c2c1. The number of anilines is 1. The molecule has 0 radical (unpaired) electrons. The van der Waals surface area contributed by atoms with Crippen molar-refractivity contribution in [2.75, 3.05) is 31.1 Å². The van der Waals surface area contributed by atoms with Gasteiger partial charge < -0.3 is 10.2 Å². The first-order valence-corrected chi connectivity index (χ1v) is 6.11. The van der Waals surface area contributed by atoms with Gasteiger partial charge in [-0.05, 0) is 12.1 Å². The predicted molar refractivity (Wildman–Crippen MR) is 64.7 cm³/mol. The van der Waals surface area contributed by atoms with Crippen molar-refractivity contribution in [3.63, 3.8) is 0 Å². The molecular weight excluding hydrogens is 206 g/mol. The monoisotopic (exact) mass is 219 g/mol. The highest BCUT2D eigenvalue weighted by atomic mass is 32.1. The van der Waals surface area contributed by atoms with Gasteiger partial charge in [0.05, 0.1) is 5.69 Å². The maximum Gasteiger partial charge on any atom is 0.125 e. The van der Waals surface area contributed by atoms with Crippen LogP contribution in [0.1, 0.15) is 0 Å². The number of pyridine rings is 1. The van der Waals surface area contributed by atoms with Crippen LogP contribution in [-0.2, 0) is 0 Å². The summed E-state index contributed by atoms with van der Waals surface area (Å²) in [5, 5.41) is 6.89.